The molecule has 1 aliphatic carbocycles. The summed E-state index contributed by atoms with van der Waals surface area (Å²) in [5.74, 6) is -0.985. The van der Waals surface area contributed by atoms with Crippen LogP contribution in [0.15, 0.2) is 24.3 Å². The molecule has 0 bridgehead atoms. The van der Waals surface area contributed by atoms with E-state index in [4.69, 9.17) is 10.2 Å². The molecule has 0 unspecified atom stereocenters. The van der Waals surface area contributed by atoms with Crippen molar-refractivity contribution in [3.63, 3.8) is 0 Å². The minimum atomic E-state index is -1.66. The molecule has 2 rings (SSSR count). The Morgan fingerprint density at radius 3 is 1.67 bits per heavy atom. The molecule has 0 saturated heterocycles. The lowest BCUT2D eigenvalue weighted by molar-refractivity contribution is 0.0404. The van der Waals surface area contributed by atoms with E-state index >= 15 is 0 Å². The molecular formula is C11H10O4. The molecule has 4 heteroatoms. The van der Waals surface area contributed by atoms with E-state index in [1.807, 2.05) is 0 Å². The number of benzene rings is 1. The van der Waals surface area contributed by atoms with Crippen molar-refractivity contribution in [2.24, 2.45) is 5.41 Å². The first kappa shape index (κ1) is 10.0. The first-order chi connectivity index (χ1) is 7.17. The number of rotatable bonds is 2. The van der Waals surface area contributed by atoms with E-state index in [0.717, 1.165) is 0 Å². The van der Waals surface area contributed by atoms with Crippen LogP contribution in [0.1, 0.15) is 20.7 Å². The SMILES string of the molecule is O=C1c2ccccc2C(=O)C1(CO)CO. The Hall–Kier alpha value is -1.52. The van der Waals surface area contributed by atoms with Crippen LogP contribution in [0.5, 0.6) is 0 Å². The maximum Gasteiger partial charge on any atom is 0.182 e. The molecule has 0 amide bonds. The standard InChI is InChI=1S/C11H10O4/c12-5-11(6-13)9(14)7-3-1-2-4-8(7)10(11)15/h1-4,12-13H,5-6H2. The van der Waals surface area contributed by atoms with Gasteiger partial charge in [0.2, 0.25) is 0 Å². The van der Waals surface area contributed by atoms with Crippen molar-refractivity contribution >= 4 is 11.6 Å². The summed E-state index contributed by atoms with van der Waals surface area (Å²) in [6.45, 7) is -1.31. The van der Waals surface area contributed by atoms with Crippen molar-refractivity contribution in [3.8, 4) is 0 Å². The summed E-state index contributed by atoms with van der Waals surface area (Å²) in [5.41, 5.74) is -1.10. The van der Waals surface area contributed by atoms with E-state index in [1.54, 1.807) is 12.1 Å². The van der Waals surface area contributed by atoms with Gasteiger partial charge in [-0.15, -0.1) is 0 Å². The van der Waals surface area contributed by atoms with Crippen molar-refractivity contribution in [3.05, 3.63) is 35.4 Å². The number of carbonyl (C=O) groups is 2. The number of aliphatic hydroxyl groups excluding tert-OH is 2. The topological polar surface area (TPSA) is 74.6 Å². The third-order valence-corrected chi connectivity index (χ3v) is 2.83. The third-order valence-electron chi connectivity index (χ3n) is 2.83. The molecule has 0 spiro atoms. The highest BCUT2D eigenvalue weighted by Gasteiger charge is 2.52. The molecule has 0 aliphatic heterocycles. The molecule has 0 fully saturated rings. The molecule has 0 heterocycles. The summed E-state index contributed by atoms with van der Waals surface area (Å²) in [4.78, 5) is 23.7. The summed E-state index contributed by atoms with van der Waals surface area (Å²) >= 11 is 0. The Morgan fingerprint density at radius 2 is 1.33 bits per heavy atom. The van der Waals surface area contributed by atoms with Gasteiger partial charge in [0, 0.05) is 11.1 Å². The third kappa shape index (κ3) is 1.09. The molecule has 0 radical (unpaired) electrons. The maximum atomic E-state index is 11.9. The molecule has 4 nitrogen and oxygen atoms in total. The van der Waals surface area contributed by atoms with Gasteiger partial charge in [-0.25, -0.2) is 0 Å². The normalized spacial score (nSPS) is 18.0. The Labute approximate surface area is 86.2 Å². The molecule has 0 saturated carbocycles. The number of hydrogen-bond acceptors (Lipinski definition) is 4. The van der Waals surface area contributed by atoms with E-state index in [2.05, 4.69) is 0 Å². The van der Waals surface area contributed by atoms with Gasteiger partial charge in [0.1, 0.15) is 5.41 Å². The van der Waals surface area contributed by atoms with Crippen molar-refractivity contribution in [2.75, 3.05) is 13.2 Å². The van der Waals surface area contributed by atoms with E-state index in [1.165, 1.54) is 12.1 Å². The number of carbonyl (C=O) groups excluding carboxylic acids is 2. The zero-order valence-corrected chi connectivity index (χ0v) is 7.93. The van der Waals surface area contributed by atoms with Crippen LogP contribution >= 0.6 is 0 Å². The van der Waals surface area contributed by atoms with Crippen LogP contribution in [-0.2, 0) is 0 Å². The van der Waals surface area contributed by atoms with Gasteiger partial charge in [0.15, 0.2) is 11.6 Å². The molecule has 78 valence electrons. The second-order valence-electron chi connectivity index (χ2n) is 3.60. The molecule has 1 aromatic carbocycles. The van der Waals surface area contributed by atoms with Crippen LogP contribution in [0, 0.1) is 5.41 Å². The highest BCUT2D eigenvalue weighted by Crippen LogP contribution is 2.35. The van der Waals surface area contributed by atoms with E-state index in [-0.39, 0.29) is 11.1 Å². The van der Waals surface area contributed by atoms with Crippen molar-refractivity contribution in [1.82, 2.24) is 0 Å². The highest BCUT2D eigenvalue weighted by atomic mass is 16.3. The number of ketones is 2. The Bertz CT molecular complexity index is 395. The number of hydrogen-bond donors (Lipinski definition) is 2. The fourth-order valence-corrected chi connectivity index (χ4v) is 1.84. The minimum absolute atomic E-state index is 0.283. The van der Waals surface area contributed by atoms with Crippen molar-refractivity contribution < 1.29 is 19.8 Å². The van der Waals surface area contributed by atoms with Crippen LogP contribution in [-0.4, -0.2) is 35.0 Å². The van der Waals surface area contributed by atoms with Gasteiger partial charge in [0.05, 0.1) is 13.2 Å². The average Bonchev–Trinajstić information content (AvgIpc) is 2.51. The second-order valence-corrected chi connectivity index (χ2v) is 3.60. The summed E-state index contributed by atoms with van der Waals surface area (Å²) in [6.07, 6.45) is 0. The zero-order chi connectivity index (χ0) is 11.1. The summed E-state index contributed by atoms with van der Waals surface area (Å²) in [6, 6.07) is 6.36. The second kappa shape index (κ2) is 3.25. The van der Waals surface area contributed by atoms with Crippen LogP contribution in [0.3, 0.4) is 0 Å². The average molecular weight is 206 g/mol. The van der Waals surface area contributed by atoms with Gasteiger partial charge in [-0.2, -0.15) is 0 Å². The van der Waals surface area contributed by atoms with Gasteiger partial charge >= 0.3 is 0 Å². The van der Waals surface area contributed by atoms with E-state index in [0.29, 0.717) is 0 Å². The van der Waals surface area contributed by atoms with Gasteiger partial charge in [-0.3, -0.25) is 9.59 Å². The number of Topliss-reactive ketones (excluding diaryl/α,β-unsaturated/α-hetero) is 2. The van der Waals surface area contributed by atoms with Crippen LogP contribution in [0.25, 0.3) is 0 Å². The monoisotopic (exact) mass is 206 g/mol. The molecular weight excluding hydrogens is 196 g/mol. The maximum absolute atomic E-state index is 11.9. The van der Waals surface area contributed by atoms with Crippen molar-refractivity contribution in [1.29, 1.82) is 0 Å². The summed E-state index contributed by atoms with van der Waals surface area (Å²) in [5, 5.41) is 18.3. The molecule has 0 atom stereocenters. The van der Waals surface area contributed by atoms with Crippen LogP contribution in [0.2, 0.25) is 0 Å². The Kier molecular flexibility index (Phi) is 2.17. The molecule has 1 aromatic rings. The van der Waals surface area contributed by atoms with Gasteiger partial charge in [-0.1, -0.05) is 24.3 Å². The fraction of sp³-hybridized carbons (Fsp3) is 0.273. The highest BCUT2D eigenvalue weighted by molar-refractivity contribution is 6.29. The van der Waals surface area contributed by atoms with Crippen LogP contribution in [0.4, 0.5) is 0 Å². The first-order valence-corrected chi connectivity index (χ1v) is 4.58. The predicted octanol–water partition coefficient (Wildman–Crippen LogP) is 0.0366. The molecule has 0 aromatic heterocycles. The van der Waals surface area contributed by atoms with Crippen molar-refractivity contribution in [2.45, 2.75) is 0 Å². The lowest BCUT2D eigenvalue weighted by Gasteiger charge is -2.19. The number of aliphatic hydroxyl groups is 2. The lowest BCUT2D eigenvalue weighted by atomic mass is 9.84. The predicted molar refractivity (Wildman–Crippen MR) is 51.7 cm³/mol. The van der Waals surface area contributed by atoms with Crippen LogP contribution < -0.4 is 0 Å². The fourth-order valence-electron chi connectivity index (χ4n) is 1.84. The molecule has 2 N–H and O–H groups in total. The zero-order valence-electron chi connectivity index (χ0n) is 7.93. The van der Waals surface area contributed by atoms with Gasteiger partial charge in [-0.05, 0) is 0 Å². The lowest BCUT2D eigenvalue weighted by Crippen LogP contribution is -2.40. The van der Waals surface area contributed by atoms with Gasteiger partial charge in [0.25, 0.3) is 0 Å². The molecule has 1 aliphatic rings. The number of fused-ring (bicyclic) bond motifs is 1. The van der Waals surface area contributed by atoms with E-state index in [9.17, 15) is 9.59 Å². The summed E-state index contributed by atoms with van der Waals surface area (Å²) in [7, 11) is 0. The smallest absolute Gasteiger partial charge is 0.182 e. The quantitative estimate of drug-likeness (QED) is 0.670. The largest absolute Gasteiger partial charge is 0.395 e. The molecule has 15 heavy (non-hydrogen) atoms. The van der Waals surface area contributed by atoms with E-state index < -0.39 is 30.2 Å². The Balaban J connectivity index is 2.63. The van der Waals surface area contributed by atoms with Gasteiger partial charge < -0.3 is 10.2 Å². The minimum Gasteiger partial charge on any atom is -0.395 e. The summed E-state index contributed by atoms with van der Waals surface area (Å²) < 4.78 is 0. The Morgan fingerprint density at radius 1 is 0.933 bits per heavy atom. The first-order valence-electron chi connectivity index (χ1n) is 4.58.